The van der Waals surface area contributed by atoms with Crippen LogP contribution in [0.5, 0.6) is 0 Å². The van der Waals surface area contributed by atoms with Gasteiger partial charge in [-0.3, -0.25) is 9.59 Å². The second-order valence-corrected chi connectivity index (χ2v) is 17.1. The third-order valence-corrected chi connectivity index (χ3v) is 12.3. The molecular formula is C44H42N6O4S3. The molecule has 13 heteroatoms. The van der Waals surface area contributed by atoms with E-state index in [1.54, 1.807) is 31.5 Å². The maximum absolute atomic E-state index is 12.8. The lowest BCUT2D eigenvalue weighted by Crippen LogP contribution is -2.24. The summed E-state index contributed by atoms with van der Waals surface area (Å²) in [6.07, 6.45) is 3.19. The van der Waals surface area contributed by atoms with E-state index in [9.17, 15) is 18.0 Å². The smallest absolute Gasteiger partial charge is 0.241 e. The Morgan fingerprint density at radius 1 is 0.614 bits per heavy atom. The summed E-state index contributed by atoms with van der Waals surface area (Å²) in [5.74, 6) is -0.0531. The van der Waals surface area contributed by atoms with E-state index in [4.69, 9.17) is 5.73 Å². The van der Waals surface area contributed by atoms with Crippen LogP contribution in [-0.4, -0.2) is 30.0 Å². The van der Waals surface area contributed by atoms with Crippen molar-refractivity contribution in [2.24, 2.45) is 5.73 Å². The molecule has 2 heterocycles. The molecule has 0 aliphatic carbocycles. The topological polar surface area (TPSA) is 156 Å². The number of nitrogens with zero attached hydrogens (tertiary/aromatic N) is 2. The van der Waals surface area contributed by atoms with Crippen molar-refractivity contribution >= 4 is 65.9 Å². The predicted octanol–water partition coefficient (Wildman–Crippen LogP) is 9.41. The molecule has 0 atom stereocenters. The van der Waals surface area contributed by atoms with Gasteiger partial charge in [0.2, 0.25) is 21.6 Å². The first kappa shape index (κ1) is 40.8. The Morgan fingerprint density at radius 2 is 1.12 bits per heavy atom. The minimum Gasteiger partial charge on any atom is -0.332 e. The summed E-state index contributed by atoms with van der Waals surface area (Å²) in [6.45, 7) is 8.14. The number of thiazole rings is 2. The highest BCUT2D eigenvalue weighted by Gasteiger charge is 2.18. The normalized spacial score (nSPS) is 11.0. The number of ketones is 2. The van der Waals surface area contributed by atoms with Gasteiger partial charge in [0.1, 0.15) is 0 Å². The fourth-order valence-electron chi connectivity index (χ4n) is 5.83. The number of nitrogens with two attached hydrogens (primary N) is 1. The van der Waals surface area contributed by atoms with Gasteiger partial charge in [-0.15, -0.1) is 0 Å². The van der Waals surface area contributed by atoms with Crippen molar-refractivity contribution in [1.82, 2.24) is 14.7 Å². The van der Waals surface area contributed by atoms with Crippen LogP contribution < -0.4 is 21.1 Å². The minimum atomic E-state index is -3.64. The van der Waals surface area contributed by atoms with E-state index in [0.29, 0.717) is 43.3 Å². The number of carbonyl (C=O) groups is 2. The van der Waals surface area contributed by atoms with Gasteiger partial charge in [0, 0.05) is 35.6 Å². The van der Waals surface area contributed by atoms with E-state index in [0.717, 1.165) is 39.2 Å². The second-order valence-electron chi connectivity index (χ2n) is 13.3. The fraction of sp³-hybridized carbons (Fsp3) is 0.136. The van der Waals surface area contributed by atoms with Crippen LogP contribution >= 0.6 is 22.7 Å². The number of aryl methyl sites for hydroxylation is 4. The van der Waals surface area contributed by atoms with Crippen LogP contribution in [0.4, 0.5) is 21.6 Å². The third kappa shape index (κ3) is 10.5. The van der Waals surface area contributed by atoms with Crippen molar-refractivity contribution in [3.05, 3.63) is 182 Å². The molecule has 0 amide bonds. The molecule has 0 radical (unpaired) electrons. The van der Waals surface area contributed by atoms with Gasteiger partial charge in [0.05, 0.1) is 27.0 Å². The zero-order valence-corrected chi connectivity index (χ0v) is 34.3. The lowest BCUT2D eigenvalue weighted by molar-refractivity contribution is 0.103. The zero-order valence-electron chi connectivity index (χ0n) is 31.9. The van der Waals surface area contributed by atoms with Crippen LogP contribution in [0.25, 0.3) is 0 Å². The number of benzene rings is 5. The fourth-order valence-corrected chi connectivity index (χ4v) is 8.76. The highest BCUT2D eigenvalue weighted by atomic mass is 32.2. The molecule has 0 fully saturated rings. The largest absolute Gasteiger partial charge is 0.332 e. The molecule has 5 aromatic carbocycles. The number of carbonyl (C=O) groups excluding carboxylic acids is 2. The minimum absolute atomic E-state index is 0.00404. The number of aromatic nitrogens is 2. The number of hydrogen-bond acceptors (Lipinski definition) is 11. The highest BCUT2D eigenvalue weighted by Crippen LogP contribution is 2.28. The molecule has 0 aliphatic rings. The number of anilines is 4. The summed E-state index contributed by atoms with van der Waals surface area (Å²) in [7, 11) is -3.64. The van der Waals surface area contributed by atoms with Crippen LogP contribution in [0.1, 0.15) is 63.9 Å². The van der Waals surface area contributed by atoms with Crippen LogP contribution in [0.3, 0.4) is 0 Å². The molecule has 57 heavy (non-hydrogen) atoms. The lowest BCUT2D eigenvalue weighted by Gasteiger charge is -2.11. The maximum atomic E-state index is 12.8. The molecule has 7 rings (SSSR count). The summed E-state index contributed by atoms with van der Waals surface area (Å²) in [4.78, 5) is 35.5. The van der Waals surface area contributed by atoms with Crippen molar-refractivity contribution < 1.29 is 18.0 Å². The molecule has 290 valence electrons. The van der Waals surface area contributed by atoms with Gasteiger partial charge in [-0.05, 0) is 91.4 Å². The molecule has 10 nitrogen and oxygen atoms in total. The van der Waals surface area contributed by atoms with Crippen molar-refractivity contribution in [3.63, 3.8) is 0 Å². The van der Waals surface area contributed by atoms with Gasteiger partial charge in [-0.25, -0.2) is 23.1 Å². The van der Waals surface area contributed by atoms with E-state index in [-0.39, 0.29) is 23.0 Å². The van der Waals surface area contributed by atoms with E-state index >= 15 is 0 Å². The van der Waals surface area contributed by atoms with E-state index < -0.39 is 10.0 Å². The number of nitrogens with one attached hydrogen (secondary N) is 3. The maximum Gasteiger partial charge on any atom is 0.241 e. The van der Waals surface area contributed by atoms with Crippen LogP contribution in [0, 0.1) is 27.7 Å². The van der Waals surface area contributed by atoms with Crippen LogP contribution in [0.15, 0.2) is 133 Å². The molecule has 7 aromatic rings. The van der Waals surface area contributed by atoms with Gasteiger partial charge in [-0.2, -0.15) is 0 Å². The van der Waals surface area contributed by atoms with Gasteiger partial charge >= 0.3 is 0 Å². The predicted molar refractivity (Wildman–Crippen MR) is 231 cm³/mol. The third-order valence-electron chi connectivity index (χ3n) is 8.93. The summed E-state index contributed by atoms with van der Waals surface area (Å²) in [6, 6.07) is 35.7. The Labute approximate surface area is 340 Å². The molecule has 0 aliphatic heterocycles. The molecule has 5 N–H and O–H groups in total. The first-order chi connectivity index (χ1) is 27.4. The molecule has 0 unspecified atom stereocenters. The summed E-state index contributed by atoms with van der Waals surface area (Å²) < 4.78 is 28.3. The van der Waals surface area contributed by atoms with E-state index in [2.05, 4.69) is 25.3 Å². The quantitative estimate of drug-likeness (QED) is 0.0833. The van der Waals surface area contributed by atoms with Gasteiger partial charge in [-0.1, -0.05) is 108 Å². The molecule has 0 saturated carbocycles. The Hall–Kier alpha value is -5.83. The Bertz CT molecular complexity index is 2650. The van der Waals surface area contributed by atoms with Crippen molar-refractivity contribution in [3.8, 4) is 0 Å². The Balaban J connectivity index is 0.000000208. The standard InChI is InChI=1S/C26H25N3O3S2.C18H17N3OS/c1-17-11-12-19(3)24(13-17)34(31,32)28-15-20-8-6-9-21(14-20)29-26-27-16-23(33-26)25(30)22-10-5-4-7-18(22)2;1-12-5-2-3-8-15(12)17(22)16-11-20-18(23-16)21-14-7-4-6-13(9-14)10-19/h4-14,16,28H,15H2,1-3H3,(H,27,29);2-9,11H,10,19H2,1H3,(H,20,21). The second kappa shape index (κ2) is 18.4. The van der Waals surface area contributed by atoms with Crippen molar-refractivity contribution in [2.45, 2.75) is 45.7 Å². The lowest BCUT2D eigenvalue weighted by atomic mass is 10.0. The molecule has 0 bridgehead atoms. The van der Waals surface area contributed by atoms with Crippen molar-refractivity contribution in [2.75, 3.05) is 10.6 Å². The van der Waals surface area contributed by atoms with E-state index in [1.165, 1.54) is 22.7 Å². The molecular weight excluding hydrogens is 773 g/mol. The summed E-state index contributed by atoms with van der Waals surface area (Å²) >= 11 is 2.63. The van der Waals surface area contributed by atoms with Gasteiger partial charge in [0.25, 0.3) is 0 Å². The highest BCUT2D eigenvalue weighted by molar-refractivity contribution is 7.89. The monoisotopic (exact) mass is 814 g/mol. The summed E-state index contributed by atoms with van der Waals surface area (Å²) in [5, 5.41) is 7.71. The molecule has 0 spiro atoms. The average Bonchev–Trinajstić information content (AvgIpc) is 3.88. The van der Waals surface area contributed by atoms with Crippen LogP contribution in [-0.2, 0) is 23.1 Å². The SMILES string of the molecule is Cc1ccc(C)c(S(=O)(=O)NCc2cccc(Nc3ncc(C(=O)c4ccccc4C)s3)c2)c1.Cc1ccccc1C(=O)c1cnc(Nc2cccc(CN)c2)s1. The number of rotatable bonds is 13. The molecule has 0 saturated heterocycles. The zero-order chi connectivity index (χ0) is 40.5. The van der Waals surface area contributed by atoms with Gasteiger partial charge < -0.3 is 16.4 Å². The Kier molecular flexibility index (Phi) is 13.2. The van der Waals surface area contributed by atoms with Gasteiger partial charge in [0.15, 0.2) is 10.3 Å². The number of sulfonamides is 1. The van der Waals surface area contributed by atoms with E-state index in [1.807, 2.05) is 124 Å². The average molecular weight is 815 g/mol. The summed E-state index contributed by atoms with van der Waals surface area (Å²) in [5.41, 5.74) is 14.0. The molecule has 2 aromatic heterocycles. The van der Waals surface area contributed by atoms with Crippen LogP contribution in [0.2, 0.25) is 0 Å². The first-order valence-electron chi connectivity index (χ1n) is 18.0. The Morgan fingerprint density at radius 3 is 1.65 bits per heavy atom. The number of hydrogen-bond donors (Lipinski definition) is 4. The first-order valence-corrected chi connectivity index (χ1v) is 21.1. The van der Waals surface area contributed by atoms with Crippen molar-refractivity contribution in [1.29, 1.82) is 0 Å².